The lowest BCUT2D eigenvalue weighted by molar-refractivity contribution is -0.139. The van der Waals surface area contributed by atoms with E-state index >= 15 is 0 Å². The molecule has 1 atom stereocenters. The summed E-state index contributed by atoms with van der Waals surface area (Å²) < 4.78 is 16.6. The van der Waals surface area contributed by atoms with Crippen molar-refractivity contribution in [2.24, 2.45) is 4.99 Å². The molecule has 0 N–H and O–H groups in total. The lowest BCUT2D eigenvalue weighted by Crippen LogP contribution is -2.40. The maximum atomic E-state index is 14.3. The summed E-state index contributed by atoms with van der Waals surface area (Å²) in [6.45, 7) is 4.73. The fourth-order valence-corrected chi connectivity index (χ4v) is 7.03. The maximum absolute atomic E-state index is 14.3. The van der Waals surface area contributed by atoms with Crippen molar-refractivity contribution in [3.05, 3.63) is 131 Å². The number of para-hydroxylation sites is 2. The number of thiazole rings is 1. The molecule has 9 heteroatoms. The lowest BCUT2D eigenvalue weighted by Gasteiger charge is -2.26. The number of halogens is 1. The van der Waals surface area contributed by atoms with Gasteiger partial charge in [-0.15, -0.1) is 0 Å². The second-order valence-electron chi connectivity index (χ2n) is 10.5. The van der Waals surface area contributed by atoms with Gasteiger partial charge in [0.05, 0.1) is 29.5 Å². The molecule has 2 aromatic heterocycles. The van der Waals surface area contributed by atoms with Crippen LogP contribution in [0.15, 0.2) is 105 Å². The number of ether oxygens (including phenoxy) is 2. The van der Waals surface area contributed by atoms with Gasteiger partial charge in [0, 0.05) is 39.2 Å². The van der Waals surface area contributed by atoms with Crippen molar-refractivity contribution in [1.82, 2.24) is 9.13 Å². The maximum Gasteiger partial charge on any atom is 0.338 e. The fourth-order valence-electron chi connectivity index (χ4n) is 5.76. The molecule has 0 spiro atoms. The van der Waals surface area contributed by atoms with E-state index in [1.807, 2.05) is 61.5 Å². The number of rotatable bonds is 9. The van der Waals surface area contributed by atoms with Crippen LogP contribution in [0.2, 0.25) is 0 Å². The highest BCUT2D eigenvalue weighted by molar-refractivity contribution is 9.10. The van der Waals surface area contributed by atoms with Crippen molar-refractivity contribution in [3.8, 4) is 5.75 Å². The number of hydrogen-bond donors (Lipinski definition) is 0. The van der Waals surface area contributed by atoms with Gasteiger partial charge in [0.15, 0.2) is 4.80 Å². The van der Waals surface area contributed by atoms with E-state index < -0.39 is 12.0 Å². The molecule has 0 aliphatic carbocycles. The highest BCUT2D eigenvalue weighted by Crippen LogP contribution is 2.37. The summed E-state index contributed by atoms with van der Waals surface area (Å²) in [6, 6.07) is 23.2. The molecule has 6 rings (SSSR count). The molecule has 0 saturated carbocycles. The number of carbonyl (C=O) groups excluding carboxylic acids is 1. The minimum absolute atomic E-state index is 0.216. The number of carbonyl (C=O) groups is 1. The Hall–Kier alpha value is -4.21. The number of benzene rings is 3. The SMILES string of the molecule is CCCC1=C(C(=O)OCC)[C@@H](c2ccccc2OC)n2c(s/c(=C/c3cn(Cc4ccc(Br)cc4)c4ccccc34)c2=O)=N1. The zero-order valence-corrected chi connectivity index (χ0v) is 27.2. The van der Waals surface area contributed by atoms with Crippen LogP contribution in [0.3, 0.4) is 0 Å². The number of nitrogens with zero attached hydrogens (tertiary/aromatic N) is 3. The smallest absolute Gasteiger partial charge is 0.338 e. The van der Waals surface area contributed by atoms with Crippen LogP contribution < -0.4 is 19.6 Å². The van der Waals surface area contributed by atoms with E-state index in [0.29, 0.717) is 44.9 Å². The Bertz CT molecular complexity index is 2070. The first-order valence-electron chi connectivity index (χ1n) is 14.6. The van der Waals surface area contributed by atoms with Gasteiger partial charge in [0.1, 0.15) is 11.8 Å². The molecule has 7 nitrogen and oxygen atoms in total. The van der Waals surface area contributed by atoms with Gasteiger partial charge >= 0.3 is 5.97 Å². The van der Waals surface area contributed by atoms with Crippen LogP contribution in [0, 0.1) is 0 Å². The third-order valence-corrected chi connectivity index (χ3v) is 9.21. The van der Waals surface area contributed by atoms with Crippen LogP contribution in [0.5, 0.6) is 5.75 Å². The Labute approximate surface area is 267 Å². The van der Waals surface area contributed by atoms with E-state index in [4.69, 9.17) is 14.5 Å². The minimum atomic E-state index is -0.733. The second-order valence-corrected chi connectivity index (χ2v) is 12.4. The van der Waals surface area contributed by atoms with Gasteiger partial charge in [0.25, 0.3) is 5.56 Å². The molecule has 1 aliphatic rings. The first kappa shape index (κ1) is 29.8. The minimum Gasteiger partial charge on any atom is -0.496 e. The van der Waals surface area contributed by atoms with Crippen LogP contribution in [-0.2, 0) is 16.1 Å². The number of allylic oxidation sites excluding steroid dienone is 1. The van der Waals surface area contributed by atoms with E-state index in [-0.39, 0.29) is 12.2 Å². The molecule has 0 radical (unpaired) electrons. The molecule has 0 fully saturated rings. The topological polar surface area (TPSA) is 74.8 Å². The number of fused-ring (bicyclic) bond motifs is 2. The van der Waals surface area contributed by atoms with Gasteiger partial charge in [-0.25, -0.2) is 9.79 Å². The first-order chi connectivity index (χ1) is 21.4. The molecule has 3 aromatic carbocycles. The zero-order valence-electron chi connectivity index (χ0n) is 24.7. The third kappa shape index (κ3) is 5.57. The van der Waals surface area contributed by atoms with Gasteiger partial charge in [-0.05, 0) is 49.2 Å². The normalized spacial score (nSPS) is 14.9. The highest BCUT2D eigenvalue weighted by atomic mass is 79.9. The second kappa shape index (κ2) is 12.8. The summed E-state index contributed by atoms with van der Waals surface area (Å²) in [4.78, 5) is 33.3. The van der Waals surface area contributed by atoms with Crippen molar-refractivity contribution in [1.29, 1.82) is 0 Å². The van der Waals surface area contributed by atoms with E-state index in [1.165, 1.54) is 16.9 Å². The monoisotopic (exact) mass is 669 g/mol. The number of esters is 1. The summed E-state index contributed by atoms with van der Waals surface area (Å²) in [5, 5.41) is 1.05. The summed E-state index contributed by atoms with van der Waals surface area (Å²) in [5.74, 6) is 0.114. The first-order valence-corrected chi connectivity index (χ1v) is 16.2. The summed E-state index contributed by atoms with van der Waals surface area (Å²) in [5.41, 5.74) is 4.70. The summed E-state index contributed by atoms with van der Waals surface area (Å²) in [6.07, 6.45) is 5.40. The van der Waals surface area contributed by atoms with Crippen molar-refractivity contribution in [2.45, 2.75) is 39.3 Å². The summed E-state index contributed by atoms with van der Waals surface area (Å²) in [7, 11) is 1.59. The van der Waals surface area contributed by atoms with Crippen molar-refractivity contribution in [2.75, 3.05) is 13.7 Å². The van der Waals surface area contributed by atoms with Crippen LogP contribution in [0.1, 0.15) is 49.4 Å². The predicted octanol–water partition coefficient (Wildman–Crippen LogP) is 6.35. The van der Waals surface area contributed by atoms with E-state index in [2.05, 4.69) is 51.0 Å². The molecule has 0 unspecified atom stereocenters. The van der Waals surface area contributed by atoms with Crippen molar-refractivity contribution >= 4 is 50.2 Å². The zero-order chi connectivity index (χ0) is 30.8. The van der Waals surface area contributed by atoms with Crippen molar-refractivity contribution < 1.29 is 14.3 Å². The fraction of sp³-hybridized carbons (Fsp3) is 0.229. The Morgan fingerprint density at radius 2 is 1.80 bits per heavy atom. The van der Waals surface area contributed by atoms with Gasteiger partial charge in [-0.3, -0.25) is 9.36 Å². The molecule has 5 aromatic rings. The Kier molecular flexibility index (Phi) is 8.68. The van der Waals surface area contributed by atoms with E-state index in [1.54, 1.807) is 18.6 Å². The average molecular weight is 671 g/mol. The molecular formula is C35H32BrN3O4S. The van der Waals surface area contributed by atoms with Crippen LogP contribution in [0.4, 0.5) is 0 Å². The predicted molar refractivity (Wildman–Crippen MR) is 178 cm³/mol. The molecule has 3 heterocycles. The van der Waals surface area contributed by atoms with Gasteiger partial charge < -0.3 is 14.0 Å². The van der Waals surface area contributed by atoms with Gasteiger partial charge in [-0.2, -0.15) is 0 Å². The number of hydrogen-bond acceptors (Lipinski definition) is 6. The van der Waals surface area contributed by atoms with Crippen LogP contribution >= 0.6 is 27.3 Å². The molecule has 44 heavy (non-hydrogen) atoms. The van der Waals surface area contributed by atoms with Crippen LogP contribution in [-0.4, -0.2) is 28.8 Å². The Morgan fingerprint density at radius 3 is 2.55 bits per heavy atom. The number of aromatic nitrogens is 2. The molecule has 0 bridgehead atoms. The van der Waals surface area contributed by atoms with Gasteiger partial charge in [0.2, 0.25) is 0 Å². The highest BCUT2D eigenvalue weighted by Gasteiger charge is 2.35. The molecule has 1 aliphatic heterocycles. The van der Waals surface area contributed by atoms with Crippen molar-refractivity contribution in [3.63, 3.8) is 0 Å². The Morgan fingerprint density at radius 1 is 1.05 bits per heavy atom. The lowest BCUT2D eigenvalue weighted by atomic mass is 9.93. The molecule has 224 valence electrons. The molecule has 0 saturated heterocycles. The van der Waals surface area contributed by atoms with E-state index in [0.717, 1.165) is 27.4 Å². The van der Waals surface area contributed by atoms with E-state index in [9.17, 15) is 9.59 Å². The molecule has 0 amide bonds. The standard InChI is InChI=1S/C35H32BrN3O4S/c1-4-10-27-31(34(41)43-5-2)32(26-12-7-9-14-29(26)42-3)39-33(40)30(44-35(39)37-27)19-23-21-38(28-13-8-6-11-25(23)28)20-22-15-17-24(36)18-16-22/h6-9,11-19,21,32H,4-5,10,20H2,1-3H3/b30-19+/t32-/m1/s1. The van der Waals surface area contributed by atoms with Gasteiger partial charge in [-0.1, -0.05) is 89.1 Å². The summed E-state index contributed by atoms with van der Waals surface area (Å²) >= 11 is 4.85. The number of methoxy groups -OCH3 is 1. The quantitative estimate of drug-likeness (QED) is 0.171. The third-order valence-electron chi connectivity index (χ3n) is 7.70. The van der Waals surface area contributed by atoms with Crippen LogP contribution in [0.25, 0.3) is 17.0 Å². The largest absolute Gasteiger partial charge is 0.496 e. The Balaban J connectivity index is 1.55. The average Bonchev–Trinajstić information content (AvgIpc) is 3.54. The molecular weight excluding hydrogens is 638 g/mol.